The zero-order valence-corrected chi connectivity index (χ0v) is 12.2. The Morgan fingerprint density at radius 1 is 1.29 bits per heavy atom. The molecule has 1 N–H and O–H groups in total. The van der Waals surface area contributed by atoms with Gasteiger partial charge in [-0.2, -0.15) is 0 Å². The molecule has 0 radical (unpaired) electrons. The van der Waals surface area contributed by atoms with Crippen molar-refractivity contribution in [2.24, 2.45) is 0 Å². The van der Waals surface area contributed by atoms with Crippen molar-refractivity contribution >= 4 is 0 Å². The van der Waals surface area contributed by atoms with E-state index in [-0.39, 0.29) is 0 Å². The molecular weight excluding hydrogens is 208 g/mol. The van der Waals surface area contributed by atoms with Crippen LogP contribution in [0.2, 0.25) is 0 Å². The second kappa shape index (κ2) is 6.55. The first-order valence-electron chi connectivity index (χ1n) is 7.11. The molecule has 1 unspecified atom stereocenters. The summed E-state index contributed by atoms with van der Waals surface area (Å²) in [6, 6.07) is 0.442. The van der Waals surface area contributed by atoms with Crippen LogP contribution in [-0.4, -0.2) is 37.1 Å². The van der Waals surface area contributed by atoms with Gasteiger partial charge in [-0.3, -0.25) is 0 Å². The molecule has 1 saturated carbocycles. The fourth-order valence-electron chi connectivity index (χ4n) is 3.27. The van der Waals surface area contributed by atoms with E-state index in [9.17, 15) is 0 Å². The fourth-order valence-corrected chi connectivity index (χ4v) is 3.27. The number of hydrogen-bond donors (Lipinski definition) is 1. The van der Waals surface area contributed by atoms with Crippen LogP contribution >= 0.6 is 0 Å². The number of rotatable bonds is 6. The van der Waals surface area contributed by atoms with Gasteiger partial charge in [-0.05, 0) is 46.8 Å². The summed E-state index contributed by atoms with van der Waals surface area (Å²) in [6.45, 7) is 9.71. The third-order valence-electron chi connectivity index (χ3n) is 4.24. The lowest BCUT2D eigenvalue weighted by molar-refractivity contribution is 0.0699. The van der Waals surface area contributed by atoms with Gasteiger partial charge in [0.15, 0.2) is 0 Å². The SMILES string of the molecule is C=C(C)C(NCCC)C1(N(C)C)CCCCC1. The molecule has 2 nitrogen and oxygen atoms in total. The maximum atomic E-state index is 4.22. The Morgan fingerprint density at radius 2 is 1.88 bits per heavy atom. The van der Waals surface area contributed by atoms with E-state index < -0.39 is 0 Å². The minimum atomic E-state index is 0.291. The Bertz CT molecular complexity index is 239. The predicted molar refractivity (Wildman–Crippen MR) is 76.4 cm³/mol. The quantitative estimate of drug-likeness (QED) is 0.715. The average Bonchev–Trinajstić information content (AvgIpc) is 2.30. The summed E-state index contributed by atoms with van der Waals surface area (Å²) in [7, 11) is 4.46. The van der Waals surface area contributed by atoms with Crippen LogP contribution in [0.1, 0.15) is 52.4 Å². The molecule has 2 heteroatoms. The van der Waals surface area contributed by atoms with E-state index >= 15 is 0 Å². The molecule has 1 atom stereocenters. The Balaban J connectivity index is 2.87. The summed E-state index contributed by atoms with van der Waals surface area (Å²) in [5, 5.41) is 3.72. The van der Waals surface area contributed by atoms with Gasteiger partial charge in [-0.15, -0.1) is 0 Å². The highest BCUT2D eigenvalue weighted by Crippen LogP contribution is 2.37. The first-order valence-corrected chi connectivity index (χ1v) is 7.11. The molecule has 1 rings (SSSR count). The molecule has 1 aliphatic carbocycles. The Kier molecular flexibility index (Phi) is 5.68. The topological polar surface area (TPSA) is 15.3 Å². The molecule has 0 aromatic heterocycles. The van der Waals surface area contributed by atoms with Crippen molar-refractivity contribution in [2.75, 3.05) is 20.6 Å². The molecular formula is C15H30N2. The summed E-state index contributed by atoms with van der Waals surface area (Å²) >= 11 is 0. The van der Waals surface area contributed by atoms with Crippen molar-refractivity contribution in [1.29, 1.82) is 0 Å². The minimum Gasteiger partial charge on any atom is -0.309 e. The minimum absolute atomic E-state index is 0.291. The van der Waals surface area contributed by atoms with Gasteiger partial charge in [0.1, 0.15) is 0 Å². The summed E-state index contributed by atoms with van der Waals surface area (Å²) in [5.41, 5.74) is 1.58. The van der Waals surface area contributed by atoms with Crippen LogP contribution in [0.3, 0.4) is 0 Å². The molecule has 0 heterocycles. The molecule has 17 heavy (non-hydrogen) atoms. The zero-order chi connectivity index (χ0) is 12.9. The number of nitrogens with zero attached hydrogens (tertiary/aromatic N) is 1. The van der Waals surface area contributed by atoms with Crippen LogP contribution in [0.4, 0.5) is 0 Å². The van der Waals surface area contributed by atoms with Crippen LogP contribution < -0.4 is 5.32 Å². The molecule has 1 aliphatic rings. The van der Waals surface area contributed by atoms with E-state index in [0.29, 0.717) is 11.6 Å². The lowest BCUT2D eigenvalue weighted by Crippen LogP contribution is -2.60. The van der Waals surface area contributed by atoms with Crippen molar-refractivity contribution in [3.8, 4) is 0 Å². The highest BCUT2D eigenvalue weighted by atomic mass is 15.2. The highest BCUT2D eigenvalue weighted by molar-refractivity contribution is 5.15. The van der Waals surface area contributed by atoms with E-state index in [1.54, 1.807) is 0 Å². The van der Waals surface area contributed by atoms with Crippen molar-refractivity contribution in [1.82, 2.24) is 10.2 Å². The van der Waals surface area contributed by atoms with Gasteiger partial charge >= 0.3 is 0 Å². The highest BCUT2D eigenvalue weighted by Gasteiger charge is 2.41. The number of nitrogens with one attached hydrogen (secondary N) is 1. The maximum Gasteiger partial charge on any atom is 0.0460 e. The van der Waals surface area contributed by atoms with Crippen molar-refractivity contribution in [3.63, 3.8) is 0 Å². The van der Waals surface area contributed by atoms with Gasteiger partial charge in [0, 0.05) is 11.6 Å². The van der Waals surface area contributed by atoms with Gasteiger partial charge in [-0.1, -0.05) is 38.3 Å². The van der Waals surface area contributed by atoms with Crippen molar-refractivity contribution in [3.05, 3.63) is 12.2 Å². The van der Waals surface area contributed by atoms with E-state index in [1.807, 2.05) is 0 Å². The molecule has 1 fully saturated rings. The zero-order valence-electron chi connectivity index (χ0n) is 12.2. The molecule has 0 aromatic rings. The molecule has 0 aliphatic heterocycles. The second-order valence-electron chi connectivity index (χ2n) is 5.79. The summed E-state index contributed by atoms with van der Waals surface area (Å²) in [4.78, 5) is 2.44. The van der Waals surface area contributed by atoms with Crippen LogP contribution in [0.15, 0.2) is 12.2 Å². The molecule has 0 bridgehead atoms. The third-order valence-corrected chi connectivity index (χ3v) is 4.24. The number of likely N-dealkylation sites (N-methyl/N-ethyl adjacent to an activating group) is 1. The van der Waals surface area contributed by atoms with Crippen LogP contribution in [0, 0.1) is 0 Å². The largest absolute Gasteiger partial charge is 0.309 e. The van der Waals surface area contributed by atoms with Gasteiger partial charge in [0.2, 0.25) is 0 Å². The smallest absolute Gasteiger partial charge is 0.0460 e. The summed E-state index contributed by atoms with van der Waals surface area (Å²) in [5.74, 6) is 0. The average molecular weight is 238 g/mol. The normalized spacial score (nSPS) is 21.5. The van der Waals surface area contributed by atoms with Crippen molar-refractivity contribution < 1.29 is 0 Å². The molecule has 0 spiro atoms. The van der Waals surface area contributed by atoms with E-state index in [4.69, 9.17) is 0 Å². The van der Waals surface area contributed by atoms with Crippen LogP contribution in [0.25, 0.3) is 0 Å². The fraction of sp³-hybridized carbons (Fsp3) is 0.867. The molecule has 0 amide bonds. The van der Waals surface area contributed by atoms with Crippen molar-refractivity contribution in [2.45, 2.75) is 64.0 Å². The first kappa shape index (κ1) is 14.7. The van der Waals surface area contributed by atoms with Crippen LogP contribution in [0.5, 0.6) is 0 Å². The summed E-state index contributed by atoms with van der Waals surface area (Å²) in [6.07, 6.45) is 7.90. The molecule has 100 valence electrons. The van der Waals surface area contributed by atoms with Gasteiger partial charge in [0.05, 0.1) is 0 Å². The Morgan fingerprint density at radius 3 is 2.29 bits per heavy atom. The predicted octanol–water partition coefficient (Wildman–Crippen LogP) is 3.20. The Hall–Kier alpha value is -0.340. The molecule has 0 saturated heterocycles. The van der Waals surface area contributed by atoms with Gasteiger partial charge in [-0.25, -0.2) is 0 Å². The monoisotopic (exact) mass is 238 g/mol. The third kappa shape index (κ3) is 3.32. The molecule has 0 aromatic carbocycles. The standard InChI is InChI=1S/C15H30N2/c1-6-12-16-14(13(2)3)15(17(4)5)10-8-7-9-11-15/h14,16H,2,6-12H2,1,3-5H3. The van der Waals surface area contributed by atoms with E-state index in [1.165, 1.54) is 44.1 Å². The second-order valence-corrected chi connectivity index (χ2v) is 5.79. The van der Waals surface area contributed by atoms with E-state index in [0.717, 1.165) is 6.54 Å². The number of hydrogen-bond acceptors (Lipinski definition) is 2. The first-order chi connectivity index (χ1) is 8.04. The lowest BCUT2D eigenvalue weighted by Gasteiger charge is -2.49. The summed E-state index contributed by atoms with van der Waals surface area (Å²) < 4.78 is 0. The van der Waals surface area contributed by atoms with Gasteiger partial charge < -0.3 is 10.2 Å². The van der Waals surface area contributed by atoms with Crippen LogP contribution in [-0.2, 0) is 0 Å². The van der Waals surface area contributed by atoms with E-state index in [2.05, 4.69) is 44.7 Å². The van der Waals surface area contributed by atoms with Gasteiger partial charge in [0.25, 0.3) is 0 Å². The Labute approximate surface area is 107 Å². The lowest BCUT2D eigenvalue weighted by atomic mass is 9.73. The maximum absolute atomic E-state index is 4.22.